The molecule has 0 radical (unpaired) electrons. The zero-order chi connectivity index (χ0) is 12.4. The molecule has 7 nitrogen and oxygen atoms in total. The van der Waals surface area contributed by atoms with Gasteiger partial charge in [0.2, 0.25) is 0 Å². The number of hydrogen-bond acceptors (Lipinski definition) is 4. The SMILES string of the molecule is Cc1cc(Cn2cc(CC(=O)O)nn2)n(C)n1. The van der Waals surface area contributed by atoms with Crippen LogP contribution in [0.25, 0.3) is 0 Å². The normalized spacial score (nSPS) is 10.7. The molecule has 2 rings (SSSR count). The molecule has 0 bridgehead atoms. The predicted octanol–water partition coefficient (Wildman–Crippen LogP) is -0.00458. The van der Waals surface area contributed by atoms with E-state index in [1.165, 1.54) is 0 Å². The summed E-state index contributed by atoms with van der Waals surface area (Å²) in [7, 11) is 1.86. The van der Waals surface area contributed by atoms with Crippen LogP contribution in [0.5, 0.6) is 0 Å². The third-order valence-corrected chi connectivity index (χ3v) is 2.34. The number of carboxylic acids is 1. The third-order valence-electron chi connectivity index (χ3n) is 2.34. The molecule has 0 saturated carbocycles. The van der Waals surface area contributed by atoms with Crippen molar-refractivity contribution < 1.29 is 9.90 Å². The molecule has 0 aliphatic heterocycles. The van der Waals surface area contributed by atoms with Crippen molar-refractivity contribution in [3.63, 3.8) is 0 Å². The van der Waals surface area contributed by atoms with Gasteiger partial charge in [0.25, 0.3) is 0 Å². The second kappa shape index (κ2) is 4.36. The van der Waals surface area contributed by atoms with Gasteiger partial charge in [0.15, 0.2) is 0 Å². The lowest BCUT2D eigenvalue weighted by Crippen LogP contribution is -2.06. The first kappa shape index (κ1) is 11.3. The van der Waals surface area contributed by atoms with Crippen LogP contribution in [0.2, 0.25) is 0 Å². The number of carboxylic acid groups (broad SMARTS) is 1. The van der Waals surface area contributed by atoms with Crippen LogP contribution in [0.3, 0.4) is 0 Å². The third kappa shape index (κ3) is 2.68. The van der Waals surface area contributed by atoms with Gasteiger partial charge in [-0.3, -0.25) is 9.48 Å². The van der Waals surface area contributed by atoms with Crippen molar-refractivity contribution >= 4 is 5.97 Å². The molecule has 0 aliphatic rings. The highest BCUT2D eigenvalue weighted by Crippen LogP contribution is 2.04. The first-order valence-electron chi connectivity index (χ1n) is 5.15. The summed E-state index contributed by atoms with van der Waals surface area (Å²) in [4.78, 5) is 10.5. The van der Waals surface area contributed by atoms with Crippen LogP contribution in [0.4, 0.5) is 0 Å². The van der Waals surface area contributed by atoms with E-state index in [9.17, 15) is 4.79 Å². The Morgan fingerprint density at radius 3 is 2.88 bits per heavy atom. The van der Waals surface area contributed by atoms with Gasteiger partial charge in [-0.2, -0.15) is 5.10 Å². The molecule has 0 amide bonds. The number of rotatable bonds is 4. The minimum absolute atomic E-state index is 0.107. The Balaban J connectivity index is 2.11. The lowest BCUT2D eigenvalue weighted by molar-refractivity contribution is -0.136. The van der Waals surface area contributed by atoms with Gasteiger partial charge in [-0.15, -0.1) is 5.10 Å². The molecule has 0 aliphatic carbocycles. The fourth-order valence-corrected chi connectivity index (χ4v) is 1.63. The molecule has 0 fully saturated rings. The van der Waals surface area contributed by atoms with Gasteiger partial charge in [-0.25, -0.2) is 4.68 Å². The summed E-state index contributed by atoms with van der Waals surface area (Å²) in [5.74, 6) is -0.909. The van der Waals surface area contributed by atoms with E-state index in [1.807, 2.05) is 20.0 Å². The van der Waals surface area contributed by atoms with Crippen molar-refractivity contribution in [2.75, 3.05) is 0 Å². The van der Waals surface area contributed by atoms with Gasteiger partial charge >= 0.3 is 5.97 Å². The van der Waals surface area contributed by atoms with E-state index in [-0.39, 0.29) is 6.42 Å². The minimum Gasteiger partial charge on any atom is -0.481 e. The van der Waals surface area contributed by atoms with Gasteiger partial charge in [-0.05, 0) is 13.0 Å². The van der Waals surface area contributed by atoms with Crippen LogP contribution >= 0.6 is 0 Å². The first-order valence-corrected chi connectivity index (χ1v) is 5.15. The maximum absolute atomic E-state index is 10.5. The fraction of sp³-hybridized carbons (Fsp3) is 0.400. The van der Waals surface area contributed by atoms with Gasteiger partial charge in [-0.1, -0.05) is 5.21 Å². The van der Waals surface area contributed by atoms with E-state index in [1.54, 1.807) is 15.6 Å². The predicted molar refractivity (Wildman–Crippen MR) is 58.4 cm³/mol. The maximum atomic E-state index is 10.5. The second-order valence-corrected chi connectivity index (χ2v) is 3.88. The molecule has 0 spiro atoms. The average Bonchev–Trinajstić information content (AvgIpc) is 2.74. The summed E-state index contributed by atoms with van der Waals surface area (Å²) in [6.45, 7) is 2.45. The summed E-state index contributed by atoms with van der Waals surface area (Å²) in [5, 5.41) is 20.5. The first-order chi connectivity index (χ1) is 8.04. The number of hydrogen-bond donors (Lipinski definition) is 1. The van der Waals surface area contributed by atoms with Crippen LogP contribution in [-0.4, -0.2) is 35.9 Å². The largest absolute Gasteiger partial charge is 0.481 e. The average molecular weight is 235 g/mol. The summed E-state index contributed by atoms with van der Waals surface area (Å²) < 4.78 is 3.38. The van der Waals surface area contributed by atoms with Crippen LogP contribution < -0.4 is 0 Å². The standard InChI is InChI=1S/C10H13N5O2/c1-7-3-9(14(2)12-7)6-15-5-8(11-13-15)4-10(16)17/h3,5H,4,6H2,1-2H3,(H,16,17). The number of carbonyl (C=O) groups is 1. The molecular formula is C10H13N5O2. The van der Waals surface area contributed by atoms with Crippen LogP contribution in [0.1, 0.15) is 17.1 Å². The van der Waals surface area contributed by atoms with Gasteiger partial charge in [0.05, 0.1) is 30.0 Å². The van der Waals surface area contributed by atoms with E-state index < -0.39 is 5.97 Å². The summed E-state index contributed by atoms with van der Waals surface area (Å²) in [5.41, 5.74) is 2.39. The molecular weight excluding hydrogens is 222 g/mol. The zero-order valence-electron chi connectivity index (χ0n) is 9.66. The fourth-order valence-electron chi connectivity index (χ4n) is 1.63. The molecule has 90 valence electrons. The van der Waals surface area contributed by atoms with Gasteiger partial charge in [0, 0.05) is 13.2 Å². The summed E-state index contributed by atoms with van der Waals surface area (Å²) in [6, 6.07) is 1.96. The van der Waals surface area contributed by atoms with E-state index in [2.05, 4.69) is 15.4 Å². The quantitative estimate of drug-likeness (QED) is 0.805. The second-order valence-electron chi connectivity index (χ2n) is 3.88. The van der Waals surface area contributed by atoms with Crippen molar-refractivity contribution in [2.45, 2.75) is 19.9 Å². The van der Waals surface area contributed by atoms with E-state index in [0.29, 0.717) is 12.2 Å². The molecule has 17 heavy (non-hydrogen) atoms. The van der Waals surface area contributed by atoms with Crippen molar-refractivity contribution in [1.29, 1.82) is 0 Å². The zero-order valence-corrected chi connectivity index (χ0v) is 9.66. The maximum Gasteiger partial charge on any atom is 0.309 e. The van der Waals surface area contributed by atoms with Gasteiger partial charge in [0.1, 0.15) is 0 Å². The number of aryl methyl sites for hydroxylation is 2. The lowest BCUT2D eigenvalue weighted by atomic mass is 10.3. The monoisotopic (exact) mass is 235 g/mol. The minimum atomic E-state index is -0.909. The Morgan fingerprint density at radius 1 is 1.53 bits per heavy atom. The molecule has 2 heterocycles. The smallest absolute Gasteiger partial charge is 0.309 e. The Kier molecular flexibility index (Phi) is 2.90. The number of aliphatic carboxylic acids is 1. The molecule has 1 N–H and O–H groups in total. The molecule has 7 heteroatoms. The Hall–Kier alpha value is -2.18. The molecule has 0 atom stereocenters. The number of nitrogens with zero attached hydrogens (tertiary/aromatic N) is 5. The van der Waals surface area contributed by atoms with Gasteiger partial charge < -0.3 is 5.11 Å². The highest BCUT2D eigenvalue weighted by molar-refractivity contribution is 5.69. The van der Waals surface area contributed by atoms with E-state index in [4.69, 9.17) is 5.11 Å². The Labute approximate surface area is 97.7 Å². The Morgan fingerprint density at radius 2 is 2.29 bits per heavy atom. The van der Waals surface area contributed by atoms with Crippen LogP contribution in [0, 0.1) is 6.92 Å². The lowest BCUT2D eigenvalue weighted by Gasteiger charge is -2.00. The van der Waals surface area contributed by atoms with Crippen LogP contribution in [0.15, 0.2) is 12.3 Å². The summed E-state index contributed by atoms with van der Waals surface area (Å²) in [6.07, 6.45) is 1.53. The molecule has 0 saturated heterocycles. The van der Waals surface area contributed by atoms with E-state index in [0.717, 1.165) is 11.4 Å². The highest BCUT2D eigenvalue weighted by atomic mass is 16.4. The molecule has 0 unspecified atom stereocenters. The van der Waals surface area contributed by atoms with Crippen LogP contribution in [-0.2, 0) is 24.8 Å². The molecule has 2 aromatic heterocycles. The Bertz CT molecular complexity index is 543. The summed E-state index contributed by atoms with van der Waals surface area (Å²) >= 11 is 0. The topological polar surface area (TPSA) is 85.8 Å². The van der Waals surface area contributed by atoms with Crippen molar-refractivity contribution in [1.82, 2.24) is 24.8 Å². The van der Waals surface area contributed by atoms with Crippen molar-refractivity contribution in [3.05, 3.63) is 29.3 Å². The van der Waals surface area contributed by atoms with E-state index >= 15 is 0 Å². The van der Waals surface area contributed by atoms with Crippen molar-refractivity contribution in [3.8, 4) is 0 Å². The van der Waals surface area contributed by atoms with Crippen molar-refractivity contribution in [2.24, 2.45) is 7.05 Å². The molecule has 0 aromatic carbocycles. The number of aromatic nitrogens is 5. The highest BCUT2D eigenvalue weighted by Gasteiger charge is 2.08. The molecule has 2 aromatic rings.